The van der Waals surface area contributed by atoms with Gasteiger partial charge in [0.25, 0.3) is 5.56 Å². The lowest BCUT2D eigenvalue weighted by Crippen LogP contribution is -2.29. The second-order valence-electron chi connectivity index (χ2n) is 6.07. The Labute approximate surface area is 153 Å². The Morgan fingerprint density at radius 3 is 2.85 bits per heavy atom. The lowest BCUT2D eigenvalue weighted by molar-refractivity contribution is -0.117. The molecule has 0 aliphatic carbocycles. The number of carbonyl (C=O) groups is 1. The third-order valence-corrected chi connectivity index (χ3v) is 4.51. The van der Waals surface area contributed by atoms with Gasteiger partial charge in [0.2, 0.25) is 5.91 Å². The van der Waals surface area contributed by atoms with Gasteiger partial charge < -0.3 is 10.3 Å². The van der Waals surface area contributed by atoms with E-state index in [4.69, 9.17) is 11.6 Å². The number of nitrogens with one attached hydrogen (secondary N) is 2. The maximum Gasteiger partial charge on any atom is 0.291 e. The number of rotatable bonds is 3. The highest BCUT2D eigenvalue weighted by molar-refractivity contribution is 6.30. The molecule has 2 N–H and O–H groups in total. The lowest BCUT2D eigenvalue weighted by atomic mass is 10.2. The minimum absolute atomic E-state index is 0.174. The van der Waals surface area contributed by atoms with Crippen molar-refractivity contribution in [1.82, 2.24) is 14.8 Å². The number of nitrogens with zero attached hydrogens (tertiary/aromatic N) is 2. The van der Waals surface area contributed by atoms with E-state index in [1.165, 1.54) is 0 Å². The maximum atomic E-state index is 12.7. The summed E-state index contributed by atoms with van der Waals surface area (Å²) >= 11 is 5.92. The molecule has 6 nitrogen and oxygen atoms in total. The van der Waals surface area contributed by atoms with Gasteiger partial charge in [0.05, 0.1) is 6.20 Å². The number of para-hydroxylation sites is 1. The van der Waals surface area contributed by atoms with Gasteiger partial charge >= 0.3 is 0 Å². The van der Waals surface area contributed by atoms with Crippen LogP contribution in [-0.2, 0) is 11.3 Å². The molecule has 2 aromatic carbocycles. The Kier molecular flexibility index (Phi) is 3.97. The molecule has 0 radical (unpaired) electrons. The van der Waals surface area contributed by atoms with Crippen LogP contribution in [0.15, 0.2) is 53.5 Å². The van der Waals surface area contributed by atoms with Crippen molar-refractivity contribution in [1.29, 1.82) is 0 Å². The van der Waals surface area contributed by atoms with Crippen LogP contribution in [0.4, 0.5) is 5.69 Å². The number of hydrogen-bond acceptors (Lipinski definition) is 3. The SMILES string of the molecule is Cc1cc(Cl)ccc1NC(=O)Cn1ncc2c([nH]c3ccccc32)c1=O. The number of aromatic nitrogens is 3. The summed E-state index contributed by atoms with van der Waals surface area (Å²) in [4.78, 5) is 28.1. The van der Waals surface area contributed by atoms with Crippen LogP contribution in [0.3, 0.4) is 0 Å². The number of H-pyrrole nitrogens is 1. The molecular weight excluding hydrogens is 352 g/mol. The van der Waals surface area contributed by atoms with E-state index in [0.717, 1.165) is 26.5 Å². The van der Waals surface area contributed by atoms with Crippen molar-refractivity contribution in [3.63, 3.8) is 0 Å². The highest BCUT2D eigenvalue weighted by Crippen LogP contribution is 2.22. The molecular formula is C19H15ClN4O2. The fourth-order valence-electron chi connectivity index (χ4n) is 2.98. The summed E-state index contributed by atoms with van der Waals surface area (Å²) in [5.74, 6) is -0.333. The smallest absolute Gasteiger partial charge is 0.291 e. The van der Waals surface area contributed by atoms with E-state index in [1.54, 1.807) is 24.4 Å². The standard InChI is InChI=1S/C19H15ClN4O2/c1-11-8-12(20)6-7-15(11)22-17(25)10-24-19(26)18-14(9-21-24)13-4-2-3-5-16(13)23-18/h2-9,23H,10H2,1H3,(H,22,25). The van der Waals surface area contributed by atoms with E-state index in [-0.39, 0.29) is 18.0 Å². The van der Waals surface area contributed by atoms with Gasteiger partial charge in [-0.3, -0.25) is 9.59 Å². The normalized spacial score (nSPS) is 11.2. The Hall–Kier alpha value is -3.12. The first-order valence-electron chi connectivity index (χ1n) is 8.05. The quantitative estimate of drug-likeness (QED) is 0.582. The van der Waals surface area contributed by atoms with Crippen LogP contribution in [0.2, 0.25) is 5.02 Å². The molecule has 7 heteroatoms. The van der Waals surface area contributed by atoms with E-state index in [2.05, 4.69) is 15.4 Å². The molecule has 0 fully saturated rings. The fourth-order valence-corrected chi connectivity index (χ4v) is 3.21. The minimum Gasteiger partial charge on any atom is -0.350 e. The van der Waals surface area contributed by atoms with Gasteiger partial charge in [0.1, 0.15) is 12.1 Å². The molecule has 0 unspecified atom stereocenters. The highest BCUT2D eigenvalue weighted by Gasteiger charge is 2.13. The zero-order valence-electron chi connectivity index (χ0n) is 13.9. The topological polar surface area (TPSA) is 79.8 Å². The molecule has 0 saturated heterocycles. The van der Waals surface area contributed by atoms with Crippen LogP contribution in [-0.4, -0.2) is 20.7 Å². The number of benzene rings is 2. The molecule has 26 heavy (non-hydrogen) atoms. The molecule has 0 aliphatic rings. The van der Waals surface area contributed by atoms with Crippen LogP contribution in [0.1, 0.15) is 5.56 Å². The van der Waals surface area contributed by atoms with Crippen LogP contribution >= 0.6 is 11.6 Å². The Bertz CT molecular complexity index is 1210. The van der Waals surface area contributed by atoms with E-state index in [0.29, 0.717) is 16.2 Å². The number of fused-ring (bicyclic) bond motifs is 3. The van der Waals surface area contributed by atoms with Crippen LogP contribution in [0.5, 0.6) is 0 Å². The van der Waals surface area contributed by atoms with Gasteiger partial charge in [-0.25, -0.2) is 4.68 Å². The first kappa shape index (κ1) is 16.4. The molecule has 0 bridgehead atoms. The summed E-state index contributed by atoms with van der Waals surface area (Å²) in [5, 5.41) is 9.21. The predicted octanol–water partition coefficient (Wildman–Crippen LogP) is 3.48. The molecule has 0 aliphatic heterocycles. The molecule has 0 atom stereocenters. The van der Waals surface area contributed by atoms with E-state index in [9.17, 15) is 9.59 Å². The second kappa shape index (κ2) is 6.31. The third-order valence-electron chi connectivity index (χ3n) is 4.28. The number of halogens is 1. The van der Waals surface area contributed by atoms with Gasteiger partial charge in [0.15, 0.2) is 0 Å². The van der Waals surface area contributed by atoms with Crippen molar-refractivity contribution in [2.75, 3.05) is 5.32 Å². The zero-order chi connectivity index (χ0) is 18.3. The van der Waals surface area contributed by atoms with Crippen LogP contribution in [0, 0.1) is 6.92 Å². The van der Waals surface area contributed by atoms with Gasteiger partial charge in [-0.05, 0) is 36.8 Å². The zero-order valence-corrected chi connectivity index (χ0v) is 14.7. The highest BCUT2D eigenvalue weighted by atomic mass is 35.5. The monoisotopic (exact) mass is 366 g/mol. The molecule has 0 saturated carbocycles. The largest absolute Gasteiger partial charge is 0.350 e. The summed E-state index contributed by atoms with van der Waals surface area (Å²) < 4.78 is 1.15. The van der Waals surface area contributed by atoms with Crippen molar-refractivity contribution in [3.8, 4) is 0 Å². The van der Waals surface area contributed by atoms with Gasteiger partial charge in [-0.15, -0.1) is 0 Å². The second-order valence-corrected chi connectivity index (χ2v) is 6.51. The Balaban J connectivity index is 1.64. The van der Waals surface area contributed by atoms with Gasteiger partial charge in [-0.1, -0.05) is 29.8 Å². The number of hydrogen-bond donors (Lipinski definition) is 2. The average Bonchev–Trinajstić information content (AvgIpc) is 2.99. The molecule has 2 heterocycles. The minimum atomic E-state index is -0.333. The average molecular weight is 367 g/mol. The summed E-state index contributed by atoms with van der Waals surface area (Å²) in [5.41, 5.74) is 2.47. The van der Waals surface area contributed by atoms with Crippen molar-refractivity contribution in [2.45, 2.75) is 13.5 Å². The van der Waals surface area contributed by atoms with Gasteiger partial charge in [0, 0.05) is 27.0 Å². The molecule has 4 rings (SSSR count). The fraction of sp³-hybridized carbons (Fsp3) is 0.105. The molecule has 1 amide bonds. The molecule has 130 valence electrons. The summed E-state index contributed by atoms with van der Waals surface area (Å²) in [6.07, 6.45) is 1.61. The van der Waals surface area contributed by atoms with Crippen molar-refractivity contribution in [2.24, 2.45) is 0 Å². The first-order chi connectivity index (χ1) is 12.5. The number of aryl methyl sites for hydroxylation is 1. The molecule has 0 spiro atoms. The van der Waals surface area contributed by atoms with Crippen LogP contribution in [0.25, 0.3) is 21.8 Å². The number of amides is 1. The van der Waals surface area contributed by atoms with Crippen LogP contribution < -0.4 is 10.9 Å². The summed E-state index contributed by atoms with van der Waals surface area (Å²) in [7, 11) is 0. The van der Waals surface area contributed by atoms with Crippen molar-refractivity contribution < 1.29 is 4.79 Å². The van der Waals surface area contributed by atoms with E-state index < -0.39 is 0 Å². The van der Waals surface area contributed by atoms with E-state index >= 15 is 0 Å². The molecule has 4 aromatic rings. The predicted molar refractivity (Wildman–Crippen MR) is 103 cm³/mol. The third kappa shape index (κ3) is 2.84. The number of aromatic amines is 1. The molecule has 2 aromatic heterocycles. The summed E-state index contributed by atoms with van der Waals surface area (Å²) in [6, 6.07) is 12.8. The Morgan fingerprint density at radius 2 is 2.04 bits per heavy atom. The number of anilines is 1. The van der Waals surface area contributed by atoms with Crippen molar-refractivity contribution in [3.05, 3.63) is 69.6 Å². The number of carbonyl (C=O) groups excluding carboxylic acids is 1. The van der Waals surface area contributed by atoms with E-state index in [1.807, 2.05) is 31.2 Å². The Morgan fingerprint density at radius 1 is 1.23 bits per heavy atom. The summed E-state index contributed by atoms with van der Waals surface area (Å²) in [6.45, 7) is 1.68. The lowest BCUT2D eigenvalue weighted by Gasteiger charge is -2.09. The first-order valence-corrected chi connectivity index (χ1v) is 8.43. The van der Waals surface area contributed by atoms with Gasteiger partial charge in [-0.2, -0.15) is 5.10 Å². The van der Waals surface area contributed by atoms with Crippen molar-refractivity contribution >= 4 is 45.0 Å². The maximum absolute atomic E-state index is 12.7.